The molecule has 0 aliphatic carbocycles. The van der Waals surface area contributed by atoms with Gasteiger partial charge in [-0.1, -0.05) is 6.07 Å². The van der Waals surface area contributed by atoms with Crippen molar-refractivity contribution in [1.29, 1.82) is 0 Å². The van der Waals surface area contributed by atoms with Crippen molar-refractivity contribution in [3.8, 4) is 0 Å². The fourth-order valence-corrected chi connectivity index (χ4v) is 2.90. The molecular weight excluding hydrogens is 252 g/mol. The van der Waals surface area contributed by atoms with Gasteiger partial charge >= 0.3 is 5.97 Å². The molecule has 1 aliphatic heterocycles. The number of amides is 1. The lowest BCUT2D eigenvalue weighted by molar-refractivity contribution is -0.145. The van der Waals surface area contributed by atoms with Gasteiger partial charge in [0.25, 0.3) is 0 Å². The summed E-state index contributed by atoms with van der Waals surface area (Å²) in [5, 5.41) is 13.9. The molecule has 1 aromatic heterocycles. The van der Waals surface area contributed by atoms with Crippen molar-refractivity contribution >= 4 is 23.2 Å². The number of hydrogen-bond acceptors (Lipinski definition) is 4. The van der Waals surface area contributed by atoms with Gasteiger partial charge in [-0.15, -0.1) is 11.3 Å². The molecule has 6 heteroatoms. The Labute approximate surface area is 109 Å². The minimum Gasteiger partial charge on any atom is -0.480 e. The van der Waals surface area contributed by atoms with Crippen molar-refractivity contribution < 1.29 is 14.7 Å². The normalized spacial score (nSPS) is 23.9. The lowest BCUT2D eigenvalue weighted by atomic mass is 10.0. The van der Waals surface area contributed by atoms with Gasteiger partial charge in [0.1, 0.15) is 6.04 Å². The first kappa shape index (κ1) is 13.0. The Kier molecular flexibility index (Phi) is 3.98. The highest BCUT2D eigenvalue weighted by Gasteiger charge is 2.34. The zero-order valence-electron chi connectivity index (χ0n) is 10.1. The number of nitrogens with one attached hydrogen (secondary N) is 1. The summed E-state index contributed by atoms with van der Waals surface area (Å²) in [7, 11) is 0. The van der Waals surface area contributed by atoms with E-state index in [9.17, 15) is 9.59 Å². The molecule has 5 nitrogen and oxygen atoms in total. The number of piperazine rings is 1. The summed E-state index contributed by atoms with van der Waals surface area (Å²) in [5.41, 5.74) is 0. The Morgan fingerprint density at radius 2 is 2.39 bits per heavy atom. The maximum absolute atomic E-state index is 12.2. The highest BCUT2D eigenvalue weighted by molar-refractivity contribution is 7.10. The average molecular weight is 268 g/mol. The smallest absolute Gasteiger partial charge is 0.322 e. The lowest BCUT2D eigenvalue weighted by Gasteiger charge is -2.38. The predicted octanol–water partition coefficient (Wildman–Crippen LogP) is 0.564. The number of carbonyl (C=O) groups is 2. The summed E-state index contributed by atoms with van der Waals surface area (Å²) in [4.78, 5) is 25.9. The molecule has 1 aliphatic rings. The zero-order chi connectivity index (χ0) is 13.1. The molecule has 1 amide bonds. The van der Waals surface area contributed by atoms with Crippen LogP contribution in [-0.4, -0.2) is 47.1 Å². The van der Waals surface area contributed by atoms with Crippen LogP contribution in [0.1, 0.15) is 11.8 Å². The number of carbonyl (C=O) groups excluding carboxylic acids is 1. The molecule has 2 heterocycles. The summed E-state index contributed by atoms with van der Waals surface area (Å²) >= 11 is 1.54. The van der Waals surface area contributed by atoms with Crippen molar-refractivity contribution in [2.75, 3.05) is 13.1 Å². The van der Waals surface area contributed by atoms with E-state index in [1.807, 2.05) is 17.5 Å². The van der Waals surface area contributed by atoms with Gasteiger partial charge in [-0.2, -0.15) is 0 Å². The van der Waals surface area contributed by atoms with E-state index in [0.717, 1.165) is 4.88 Å². The van der Waals surface area contributed by atoms with E-state index in [4.69, 9.17) is 5.11 Å². The van der Waals surface area contributed by atoms with Gasteiger partial charge in [-0.3, -0.25) is 9.59 Å². The van der Waals surface area contributed by atoms with Crippen LogP contribution in [0.2, 0.25) is 0 Å². The number of nitrogens with zero attached hydrogens (tertiary/aromatic N) is 1. The Balaban J connectivity index is 2.03. The second-order valence-electron chi connectivity index (χ2n) is 4.35. The Morgan fingerprint density at radius 1 is 1.61 bits per heavy atom. The number of aliphatic carboxylic acids is 1. The van der Waals surface area contributed by atoms with Crippen molar-refractivity contribution in [1.82, 2.24) is 10.2 Å². The number of carboxylic acid groups (broad SMARTS) is 1. The molecular formula is C12H16N2O3S. The third-order valence-electron chi connectivity index (χ3n) is 3.18. The number of thiophene rings is 1. The fraction of sp³-hybridized carbons (Fsp3) is 0.500. The molecule has 1 aromatic rings. The maximum atomic E-state index is 12.2. The predicted molar refractivity (Wildman–Crippen MR) is 68.6 cm³/mol. The van der Waals surface area contributed by atoms with Crippen LogP contribution < -0.4 is 5.32 Å². The van der Waals surface area contributed by atoms with Crippen molar-refractivity contribution in [3.05, 3.63) is 22.4 Å². The Morgan fingerprint density at radius 3 is 3.00 bits per heavy atom. The molecule has 1 saturated heterocycles. The second-order valence-corrected chi connectivity index (χ2v) is 5.39. The molecule has 18 heavy (non-hydrogen) atoms. The summed E-state index contributed by atoms with van der Waals surface area (Å²) in [5.74, 6) is -0.908. The molecule has 98 valence electrons. The zero-order valence-corrected chi connectivity index (χ0v) is 10.9. The first-order valence-electron chi connectivity index (χ1n) is 5.87. The van der Waals surface area contributed by atoms with Crippen LogP contribution in [0.4, 0.5) is 0 Å². The molecule has 0 radical (unpaired) electrons. The van der Waals surface area contributed by atoms with Gasteiger partial charge in [-0.25, -0.2) is 0 Å². The first-order valence-corrected chi connectivity index (χ1v) is 6.75. The lowest BCUT2D eigenvalue weighted by Crippen LogP contribution is -2.61. The van der Waals surface area contributed by atoms with Crippen LogP contribution in [0, 0.1) is 0 Å². The van der Waals surface area contributed by atoms with E-state index >= 15 is 0 Å². The van der Waals surface area contributed by atoms with E-state index in [0.29, 0.717) is 19.5 Å². The Bertz CT molecular complexity index is 433. The standard InChI is InChI=1S/C12H16N2O3S/c1-8-11(12(16)17)13-4-5-14(8)10(15)7-9-3-2-6-18-9/h2-3,6,8,11,13H,4-5,7H2,1H3,(H,16,17). The van der Waals surface area contributed by atoms with Crippen LogP contribution in [0.15, 0.2) is 17.5 Å². The summed E-state index contributed by atoms with van der Waals surface area (Å²) in [6.07, 6.45) is 0.356. The van der Waals surface area contributed by atoms with E-state index in [1.165, 1.54) is 0 Å². The minimum atomic E-state index is -0.906. The van der Waals surface area contributed by atoms with Crippen molar-refractivity contribution in [2.24, 2.45) is 0 Å². The quantitative estimate of drug-likeness (QED) is 0.840. The van der Waals surface area contributed by atoms with Gasteiger partial charge in [0.15, 0.2) is 0 Å². The topological polar surface area (TPSA) is 69.6 Å². The van der Waals surface area contributed by atoms with E-state index in [2.05, 4.69) is 5.32 Å². The van der Waals surface area contributed by atoms with Crippen LogP contribution in [0.25, 0.3) is 0 Å². The average Bonchev–Trinajstić information content (AvgIpc) is 2.81. The molecule has 0 aromatic carbocycles. The second kappa shape index (κ2) is 5.49. The van der Waals surface area contributed by atoms with E-state index in [-0.39, 0.29) is 11.9 Å². The van der Waals surface area contributed by atoms with Gasteiger partial charge in [0.05, 0.1) is 12.5 Å². The van der Waals surface area contributed by atoms with Crippen LogP contribution in [-0.2, 0) is 16.0 Å². The molecule has 2 rings (SSSR count). The van der Waals surface area contributed by atoms with Crippen LogP contribution >= 0.6 is 11.3 Å². The summed E-state index contributed by atoms with van der Waals surface area (Å²) in [6.45, 7) is 2.86. The number of rotatable bonds is 3. The molecule has 2 atom stereocenters. The molecule has 0 spiro atoms. The van der Waals surface area contributed by atoms with Crippen LogP contribution in [0.5, 0.6) is 0 Å². The number of hydrogen-bond donors (Lipinski definition) is 2. The third-order valence-corrected chi connectivity index (χ3v) is 4.06. The third kappa shape index (κ3) is 2.70. The maximum Gasteiger partial charge on any atom is 0.322 e. The summed E-state index contributed by atoms with van der Waals surface area (Å²) < 4.78 is 0. The van der Waals surface area contributed by atoms with Crippen molar-refractivity contribution in [3.63, 3.8) is 0 Å². The molecule has 0 saturated carbocycles. The monoisotopic (exact) mass is 268 g/mol. The molecule has 0 bridgehead atoms. The van der Waals surface area contributed by atoms with Gasteiger partial charge < -0.3 is 15.3 Å². The van der Waals surface area contributed by atoms with E-state index < -0.39 is 12.0 Å². The van der Waals surface area contributed by atoms with Gasteiger partial charge in [0.2, 0.25) is 5.91 Å². The van der Waals surface area contributed by atoms with Crippen LogP contribution in [0.3, 0.4) is 0 Å². The molecule has 1 fully saturated rings. The van der Waals surface area contributed by atoms with Crippen molar-refractivity contribution in [2.45, 2.75) is 25.4 Å². The highest BCUT2D eigenvalue weighted by Crippen LogP contribution is 2.15. The van der Waals surface area contributed by atoms with Gasteiger partial charge in [-0.05, 0) is 18.4 Å². The summed E-state index contributed by atoms with van der Waals surface area (Å²) in [6, 6.07) is 2.84. The fourth-order valence-electron chi connectivity index (χ4n) is 2.20. The SMILES string of the molecule is CC1C(C(=O)O)NCCN1C(=O)Cc1cccs1. The largest absolute Gasteiger partial charge is 0.480 e. The molecule has 2 unspecified atom stereocenters. The highest BCUT2D eigenvalue weighted by atomic mass is 32.1. The molecule has 2 N–H and O–H groups in total. The van der Waals surface area contributed by atoms with E-state index in [1.54, 1.807) is 23.2 Å². The number of carboxylic acids is 1. The minimum absolute atomic E-state index is 0.00213. The van der Waals surface area contributed by atoms with Gasteiger partial charge in [0, 0.05) is 18.0 Å². The first-order chi connectivity index (χ1) is 8.59. The Hall–Kier alpha value is -1.40.